The summed E-state index contributed by atoms with van der Waals surface area (Å²) in [6.45, 7) is 12.7. The molecule has 3 heteroatoms. The van der Waals surface area contributed by atoms with Gasteiger partial charge in [-0.25, -0.2) is 0 Å². The molecule has 0 saturated carbocycles. The Bertz CT molecular complexity index is 240. The quantitative estimate of drug-likeness (QED) is 0.798. The Balaban J connectivity index is 2.47. The first kappa shape index (κ1) is 13.5. The number of likely N-dealkylation sites (tertiary alicyclic amines) is 1. The van der Waals surface area contributed by atoms with E-state index < -0.39 is 0 Å². The molecular formula is C13H26N2O. The lowest BCUT2D eigenvalue weighted by atomic mass is 9.88. The minimum Gasteiger partial charge on any atom is -0.351 e. The average Bonchev–Trinajstić information content (AvgIpc) is 2.17. The van der Waals surface area contributed by atoms with E-state index in [-0.39, 0.29) is 17.4 Å². The fraction of sp³-hybridized carbons (Fsp3) is 0.923. The summed E-state index contributed by atoms with van der Waals surface area (Å²) in [4.78, 5) is 14.2. The lowest BCUT2D eigenvalue weighted by molar-refractivity contribution is -0.126. The third-order valence-electron chi connectivity index (χ3n) is 3.58. The lowest BCUT2D eigenvalue weighted by Crippen LogP contribution is -2.55. The second-order valence-corrected chi connectivity index (χ2v) is 5.83. The van der Waals surface area contributed by atoms with Crippen LogP contribution in [0.3, 0.4) is 0 Å². The third kappa shape index (κ3) is 3.48. The standard InChI is InChI=1S/C13H26N2O/c1-10(2)12(16)14-13(5)6-8-15(9-7-13)11(3)4/h10-11H,6-9H2,1-5H3,(H,14,16). The Morgan fingerprint density at radius 1 is 1.19 bits per heavy atom. The Kier molecular flexibility index (Phi) is 4.36. The van der Waals surface area contributed by atoms with Gasteiger partial charge in [0.2, 0.25) is 5.91 Å². The summed E-state index contributed by atoms with van der Waals surface area (Å²) in [5.74, 6) is 0.264. The van der Waals surface area contributed by atoms with Crippen LogP contribution in [-0.4, -0.2) is 35.5 Å². The van der Waals surface area contributed by atoms with Crippen LogP contribution in [0.5, 0.6) is 0 Å². The number of amides is 1. The molecule has 1 N–H and O–H groups in total. The Labute approximate surface area is 99.6 Å². The van der Waals surface area contributed by atoms with Crippen molar-refractivity contribution in [2.24, 2.45) is 5.92 Å². The van der Waals surface area contributed by atoms with Crippen molar-refractivity contribution in [3.8, 4) is 0 Å². The first-order chi connectivity index (χ1) is 7.34. The van der Waals surface area contributed by atoms with Gasteiger partial charge in [0, 0.05) is 30.6 Å². The van der Waals surface area contributed by atoms with Gasteiger partial charge in [-0.3, -0.25) is 4.79 Å². The largest absolute Gasteiger partial charge is 0.351 e. The van der Waals surface area contributed by atoms with Gasteiger partial charge < -0.3 is 10.2 Å². The molecular weight excluding hydrogens is 200 g/mol. The Morgan fingerprint density at radius 3 is 2.06 bits per heavy atom. The zero-order valence-electron chi connectivity index (χ0n) is 11.3. The number of piperidine rings is 1. The van der Waals surface area contributed by atoms with E-state index in [0.29, 0.717) is 6.04 Å². The molecule has 0 aromatic carbocycles. The first-order valence-corrected chi connectivity index (χ1v) is 6.40. The highest BCUT2D eigenvalue weighted by Gasteiger charge is 2.32. The molecule has 0 aromatic heterocycles. The van der Waals surface area contributed by atoms with Crippen LogP contribution in [0.15, 0.2) is 0 Å². The highest BCUT2D eigenvalue weighted by Crippen LogP contribution is 2.23. The minimum atomic E-state index is 0.00669. The maximum absolute atomic E-state index is 11.7. The van der Waals surface area contributed by atoms with Crippen LogP contribution in [0.2, 0.25) is 0 Å². The van der Waals surface area contributed by atoms with E-state index in [1.165, 1.54) is 0 Å². The summed E-state index contributed by atoms with van der Waals surface area (Å²) in [6.07, 6.45) is 2.12. The minimum absolute atomic E-state index is 0.00669. The lowest BCUT2D eigenvalue weighted by Gasteiger charge is -2.41. The SMILES string of the molecule is CC(C)C(=O)NC1(C)CCN(C(C)C)CC1. The molecule has 1 saturated heterocycles. The van der Waals surface area contributed by atoms with Crippen molar-refractivity contribution < 1.29 is 4.79 Å². The zero-order valence-corrected chi connectivity index (χ0v) is 11.3. The molecule has 0 aromatic rings. The number of nitrogens with zero attached hydrogens (tertiary/aromatic N) is 1. The van der Waals surface area contributed by atoms with Crippen LogP contribution in [0.4, 0.5) is 0 Å². The highest BCUT2D eigenvalue weighted by molar-refractivity contribution is 5.78. The molecule has 0 spiro atoms. The number of carbonyl (C=O) groups excluding carboxylic acids is 1. The van der Waals surface area contributed by atoms with Crippen molar-refractivity contribution in [2.75, 3.05) is 13.1 Å². The van der Waals surface area contributed by atoms with Crippen LogP contribution in [0, 0.1) is 5.92 Å². The van der Waals surface area contributed by atoms with Gasteiger partial charge in [-0.2, -0.15) is 0 Å². The second kappa shape index (κ2) is 5.17. The number of rotatable bonds is 3. The van der Waals surface area contributed by atoms with Crippen molar-refractivity contribution in [3.05, 3.63) is 0 Å². The molecule has 1 rings (SSSR count). The van der Waals surface area contributed by atoms with Crippen molar-refractivity contribution >= 4 is 5.91 Å². The van der Waals surface area contributed by atoms with Crippen LogP contribution in [0.1, 0.15) is 47.5 Å². The molecule has 1 heterocycles. The molecule has 3 nitrogen and oxygen atoms in total. The topological polar surface area (TPSA) is 32.3 Å². The van der Waals surface area contributed by atoms with E-state index >= 15 is 0 Å². The van der Waals surface area contributed by atoms with E-state index in [2.05, 4.69) is 31.0 Å². The molecule has 1 aliphatic heterocycles. The van der Waals surface area contributed by atoms with Gasteiger partial charge in [0.1, 0.15) is 0 Å². The van der Waals surface area contributed by atoms with Gasteiger partial charge in [0.05, 0.1) is 0 Å². The fourth-order valence-electron chi connectivity index (χ4n) is 2.10. The van der Waals surface area contributed by atoms with Gasteiger partial charge in [-0.05, 0) is 33.6 Å². The van der Waals surface area contributed by atoms with Crippen LogP contribution in [-0.2, 0) is 4.79 Å². The maximum Gasteiger partial charge on any atom is 0.222 e. The molecule has 1 fully saturated rings. The summed E-state index contributed by atoms with van der Waals surface area (Å²) in [6, 6.07) is 0.616. The predicted molar refractivity (Wildman–Crippen MR) is 67.3 cm³/mol. The summed E-state index contributed by atoms with van der Waals surface area (Å²) in [7, 11) is 0. The van der Waals surface area contributed by atoms with Crippen LogP contribution in [0.25, 0.3) is 0 Å². The normalized spacial score (nSPS) is 21.4. The van der Waals surface area contributed by atoms with E-state index in [0.717, 1.165) is 25.9 Å². The van der Waals surface area contributed by atoms with E-state index in [4.69, 9.17) is 0 Å². The van der Waals surface area contributed by atoms with Gasteiger partial charge in [-0.1, -0.05) is 13.8 Å². The number of carbonyl (C=O) groups is 1. The molecule has 1 amide bonds. The summed E-state index contributed by atoms with van der Waals surface area (Å²) in [5, 5.41) is 3.19. The van der Waals surface area contributed by atoms with Crippen molar-refractivity contribution in [3.63, 3.8) is 0 Å². The van der Waals surface area contributed by atoms with Gasteiger partial charge >= 0.3 is 0 Å². The van der Waals surface area contributed by atoms with Crippen molar-refractivity contribution in [2.45, 2.75) is 59.0 Å². The summed E-state index contributed by atoms with van der Waals surface area (Å²) in [5.41, 5.74) is 0.00669. The summed E-state index contributed by atoms with van der Waals surface area (Å²) >= 11 is 0. The molecule has 1 aliphatic rings. The number of hydrogen-bond acceptors (Lipinski definition) is 2. The second-order valence-electron chi connectivity index (χ2n) is 5.83. The average molecular weight is 226 g/mol. The number of nitrogens with one attached hydrogen (secondary N) is 1. The van der Waals surface area contributed by atoms with Crippen molar-refractivity contribution in [1.29, 1.82) is 0 Å². The molecule has 16 heavy (non-hydrogen) atoms. The van der Waals surface area contributed by atoms with Gasteiger partial charge in [0.25, 0.3) is 0 Å². The maximum atomic E-state index is 11.7. The third-order valence-corrected chi connectivity index (χ3v) is 3.58. The van der Waals surface area contributed by atoms with E-state index in [9.17, 15) is 4.79 Å². The van der Waals surface area contributed by atoms with Crippen LogP contribution >= 0.6 is 0 Å². The number of hydrogen-bond donors (Lipinski definition) is 1. The van der Waals surface area contributed by atoms with Crippen molar-refractivity contribution in [1.82, 2.24) is 10.2 Å². The van der Waals surface area contributed by atoms with E-state index in [1.54, 1.807) is 0 Å². The molecule has 0 unspecified atom stereocenters. The predicted octanol–water partition coefficient (Wildman–Crippen LogP) is 2.02. The van der Waals surface area contributed by atoms with E-state index in [1.807, 2.05) is 13.8 Å². The first-order valence-electron chi connectivity index (χ1n) is 6.40. The van der Waals surface area contributed by atoms with Gasteiger partial charge in [0.15, 0.2) is 0 Å². The monoisotopic (exact) mass is 226 g/mol. The smallest absolute Gasteiger partial charge is 0.222 e. The molecule has 0 radical (unpaired) electrons. The molecule has 0 aliphatic carbocycles. The molecule has 0 atom stereocenters. The fourth-order valence-corrected chi connectivity index (χ4v) is 2.10. The summed E-state index contributed by atoms with van der Waals surface area (Å²) < 4.78 is 0. The zero-order chi connectivity index (χ0) is 12.3. The Morgan fingerprint density at radius 2 is 1.69 bits per heavy atom. The van der Waals surface area contributed by atoms with Gasteiger partial charge in [-0.15, -0.1) is 0 Å². The van der Waals surface area contributed by atoms with Crippen LogP contribution < -0.4 is 5.32 Å². The molecule has 94 valence electrons. The highest BCUT2D eigenvalue weighted by atomic mass is 16.2. The Hall–Kier alpha value is -0.570. The molecule has 0 bridgehead atoms.